The molecule has 0 heterocycles. The van der Waals surface area contributed by atoms with E-state index in [2.05, 4.69) is 39.0 Å². The van der Waals surface area contributed by atoms with Crippen LogP contribution >= 0.6 is 0 Å². The second kappa shape index (κ2) is 12.0. The quantitative estimate of drug-likeness (QED) is 0.360. The lowest BCUT2D eigenvalue weighted by Gasteiger charge is -2.26. The Morgan fingerprint density at radius 2 is 1.90 bits per heavy atom. The van der Waals surface area contributed by atoms with E-state index < -0.39 is 0 Å². The Morgan fingerprint density at radius 3 is 2.43 bits per heavy atom. The van der Waals surface area contributed by atoms with Gasteiger partial charge in [-0.3, -0.25) is 4.79 Å². The summed E-state index contributed by atoms with van der Waals surface area (Å²) in [4.78, 5) is 12.1. The van der Waals surface area contributed by atoms with Crippen LogP contribution in [0.2, 0.25) is 0 Å². The van der Waals surface area contributed by atoms with Crippen LogP contribution in [-0.2, 0) is 16.0 Å². The largest absolute Gasteiger partial charge is 0.496 e. The highest BCUT2D eigenvalue weighted by molar-refractivity contribution is 5.73. The second-order valence-corrected chi connectivity index (χ2v) is 8.61. The molecule has 1 aromatic rings. The van der Waals surface area contributed by atoms with Crippen LogP contribution in [0.15, 0.2) is 28.9 Å². The average molecular weight is 413 g/mol. The third-order valence-electron chi connectivity index (χ3n) is 6.20. The fourth-order valence-electron chi connectivity index (χ4n) is 4.19. The number of hydrogen-bond acceptors (Lipinski definition) is 3. The lowest BCUT2D eigenvalue weighted by Crippen LogP contribution is -2.16. The van der Waals surface area contributed by atoms with Gasteiger partial charge in [0.2, 0.25) is 0 Å². The van der Waals surface area contributed by atoms with Crippen LogP contribution in [0.5, 0.6) is 5.75 Å². The highest BCUT2D eigenvalue weighted by Gasteiger charge is 2.23. The fraction of sp³-hybridized carbons (Fsp3) is 0.593. The molecule has 3 heteroatoms. The normalized spacial score (nSPS) is 14.9. The Balaban J connectivity index is 2.49. The van der Waals surface area contributed by atoms with E-state index in [4.69, 9.17) is 9.47 Å². The van der Waals surface area contributed by atoms with Crippen LogP contribution in [-0.4, -0.2) is 20.2 Å². The maximum absolute atomic E-state index is 12.1. The Bertz CT molecular complexity index is 780. The Labute approximate surface area is 183 Å². The SMILES string of the molecule is CCCC/C(=C\c1cc(OC)c(CCC)cc1C)C(C[C@H](C)C(=O)OC)=C1CCC1. The van der Waals surface area contributed by atoms with Gasteiger partial charge in [0.15, 0.2) is 0 Å². The summed E-state index contributed by atoms with van der Waals surface area (Å²) in [6.07, 6.45) is 12.2. The van der Waals surface area contributed by atoms with Crippen molar-refractivity contribution in [3.8, 4) is 5.75 Å². The molecule has 3 nitrogen and oxygen atoms in total. The number of allylic oxidation sites excluding steroid dienone is 3. The number of unbranched alkanes of at least 4 members (excludes halogenated alkanes) is 1. The van der Waals surface area contributed by atoms with Crippen molar-refractivity contribution < 1.29 is 14.3 Å². The van der Waals surface area contributed by atoms with Crippen molar-refractivity contribution in [3.63, 3.8) is 0 Å². The molecule has 30 heavy (non-hydrogen) atoms. The number of ether oxygens (including phenoxy) is 2. The maximum Gasteiger partial charge on any atom is 0.308 e. The second-order valence-electron chi connectivity index (χ2n) is 8.61. The molecule has 0 bridgehead atoms. The van der Waals surface area contributed by atoms with Gasteiger partial charge in [-0.2, -0.15) is 0 Å². The summed E-state index contributed by atoms with van der Waals surface area (Å²) in [5.74, 6) is 0.735. The zero-order valence-electron chi connectivity index (χ0n) is 19.9. The van der Waals surface area contributed by atoms with Crippen LogP contribution in [0, 0.1) is 12.8 Å². The van der Waals surface area contributed by atoms with E-state index in [1.54, 1.807) is 7.11 Å². The highest BCUT2D eigenvalue weighted by Crippen LogP contribution is 2.38. The number of methoxy groups -OCH3 is 2. The third-order valence-corrected chi connectivity index (χ3v) is 6.20. The summed E-state index contributed by atoms with van der Waals surface area (Å²) in [7, 11) is 3.24. The summed E-state index contributed by atoms with van der Waals surface area (Å²) in [6, 6.07) is 4.47. The van der Waals surface area contributed by atoms with Crippen molar-refractivity contribution in [2.24, 2.45) is 5.92 Å². The van der Waals surface area contributed by atoms with Crippen LogP contribution < -0.4 is 4.74 Å². The summed E-state index contributed by atoms with van der Waals surface area (Å²) in [5, 5.41) is 0. The minimum Gasteiger partial charge on any atom is -0.496 e. The average Bonchev–Trinajstić information content (AvgIpc) is 2.70. The summed E-state index contributed by atoms with van der Waals surface area (Å²) >= 11 is 0. The Morgan fingerprint density at radius 1 is 1.17 bits per heavy atom. The van der Waals surface area contributed by atoms with E-state index in [9.17, 15) is 4.79 Å². The summed E-state index contributed by atoms with van der Waals surface area (Å²) < 4.78 is 10.7. The minimum absolute atomic E-state index is 0.120. The molecule has 1 fully saturated rings. The van der Waals surface area contributed by atoms with Crippen molar-refractivity contribution in [3.05, 3.63) is 45.5 Å². The van der Waals surface area contributed by atoms with Crippen molar-refractivity contribution in [1.82, 2.24) is 0 Å². The number of hydrogen-bond donors (Lipinski definition) is 0. The predicted molar refractivity (Wildman–Crippen MR) is 126 cm³/mol. The topological polar surface area (TPSA) is 35.5 Å². The molecule has 0 unspecified atom stereocenters. The first kappa shape index (κ1) is 24.2. The molecule has 0 radical (unpaired) electrons. The number of carbonyl (C=O) groups is 1. The molecule has 0 N–H and O–H groups in total. The number of aryl methyl sites for hydroxylation is 2. The van der Waals surface area contributed by atoms with E-state index in [0.29, 0.717) is 0 Å². The highest BCUT2D eigenvalue weighted by atomic mass is 16.5. The number of rotatable bonds is 11. The number of carbonyl (C=O) groups excluding carboxylic acids is 1. The first-order valence-electron chi connectivity index (χ1n) is 11.6. The first-order chi connectivity index (χ1) is 14.4. The zero-order valence-corrected chi connectivity index (χ0v) is 19.9. The molecule has 1 saturated carbocycles. The van der Waals surface area contributed by atoms with Crippen LogP contribution in [0.25, 0.3) is 6.08 Å². The van der Waals surface area contributed by atoms with Gasteiger partial charge in [0, 0.05) is 0 Å². The third kappa shape index (κ3) is 6.23. The monoisotopic (exact) mass is 412 g/mol. The van der Waals surface area contributed by atoms with Crippen molar-refractivity contribution in [2.45, 2.75) is 85.5 Å². The molecule has 1 atom stereocenters. The lowest BCUT2D eigenvalue weighted by molar-refractivity contribution is -0.144. The molecular weight excluding hydrogens is 372 g/mol. The van der Waals surface area contributed by atoms with Crippen molar-refractivity contribution in [2.75, 3.05) is 14.2 Å². The van der Waals surface area contributed by atoms with E-state index in [1.807, 2.05) is 6.92 Å². The van der Waals surface area contributed by atoms with Gasteiger partial charge in [-0.15, -0.1) is 0 Å². The molecule has 0 spiro atoms. The first-order valence-corrected chi connectivity index (χ1v) is 11.6. The standard InChI is InChI=1S/C27H40O3/c1-7-9-12-22(25(21-13-10-14-21)16-20(4)27(28)30-6)17-24-18-26(29-5)23(11-8-2)15-19(24)3/h15,17-18,20H,7-14,16H2,1-6H3/b22-17+/t20-/m0/s1. The van der Waals surface area contributed by atoms with Gasteiger partial charge in [0.1, 0.15) is 5.75 Å². The molecule has 0 saturated heterocycles. The van der Waals surface area contributed by atoms with Gasteiger partial charge < -0.3 is 9.47 Å². The van der Waals surface area contributed by atoms with E-state index >= 15 is 0 Å². The van der Waals surface area contributed by atoms with Crippen LogP contribution in [0.4, 0.5) is 0 Å². The molecule has 1 aliphatic rings. The minimum atomic E-state index is -0.121. The van der Waals surface area contributed by atoms with Gasteiger partial charge >= 0.3 is 5.97 Å². The number of esters is 1. The van der Waals surface area contributed by atoms with Crippen LogP contribution in [0.3, 0.4) is 0 Å². The van der Waals surface area contributed by atoms with Gasteiger partial charge in [-0.1, -0.05) is 51.3 Å². The van der Waals surface area contributed by atoms with E-state index in [-0.39, 0.29) is 11.9 Å². The Kier molecular flexibility index (Phi) is 9.68. The van der Waals surface area contributed by atoms with E-state index in [0.717, 1.165) is 57.1 Å². The molecule has 0 aliphatic heterocycles. The molecule has 0 amide bonds. The predicted octanol–water partition coefficient (Wildman–Crippen LogP) is 7.21. The van der Waals surface area contributed by atoms with Crippen molar-refractivity contribution >= 4 is 12.0 Å². The zero-order chi connectivity index (χ0) is 22.1. The smallest absolute Gasteiger partial charge is 0.308 e. The van der Waals surface area contributed by atoms with Gasteiger partial charge in [0.25, 0.3) is 0 Å². The van der Waals surface area contributed by atoms with Crippen molar-refractivity contribution in [1.29, 1.82) is 0 Å². The van der Waals surface area contributed by atoms with E-state index in [1.165, 1.54) is 46.9 Å². The molecule has 2 rings (SSSR count). The molecule has 1 aromatic carbocycles. The molecule has 166 valence electrons. The van der Waals surface area contributed by atoms with Gasteiger partial charge in [-0.05, 0) is 85.8 Å². The lowest BCUT2D eigenvalue weighted by atomic mass is 9.79. The number of benzene rings is 1. The van der Waals surface area contributed by atoms with Crippen LogP contribution in [0.1, 0.15) is 88.8 Å². The molecular formula is C27H40O3. The molecule has 1 aliphatic carbocycles. The maximum atomic E-state index is 12.1. The summed E-state index contributed by atoms with van der Waals surface area (Å²) in [5.41, 5.74) is 8.09. The summed E-state index contributed by atoms with van der Waals surface area (Å²) in [6.45, 7) is 8.61. The van der Waals surface area contributed by atoms with Gasteiger partial charge in [-0.25, -0.2) is 0 Å². The van der Waals surface area contributed by atoms with Gasteiger partial charge in [0.05, 0.1) is 20.1 Å². The fourth-order valence-corrected chi connectivity index (χ4v) is 4.19. The Hall–Kier alpha value is -2.03. The molecule has 0 aromatic heterocycles.